The molecule has 3 aromatic rings. The zero-order valence-corrected chi connectivity index (χ0v) is 14.6. The Labute approximate surface area is 153 Å². The molecule has 3 aromatic carbocycles. The minimum Gasteiger partial charge on any atom is -0.143 e. The number of benzene rings is 3. The molecule has 24 heavy (non-hydrogen) atoms. The summed E-state index contributed by atoms with van der Waals surface area (Å²) >= 11 is 8.66. The lowest BCUT2D eigenvalue weighted by atomic mass is 10.1. The van der Waals surface area contributed by atoms with E-state index in [9.17, 15) is 0 Å². The minimum absolute atomic E-state index is 0.910. The fourth-order valence-electron chi connectivity index (χ4n) is 2.13. The van der Waals surface area contributed by atoms with Crippen LogP contribution in [0.5, 0.6) is 0 Å². The van der Waals surface area contributed by atoms with E-state index < -0.39 is 0 Å². The molecule has 2 heteroatoms. The molecule has 0 aliphatic carbocycles. The quantitative estimate of drug-likeness (QED) is 0.414. The van der Waals surface area contributed by atoms with Crippen LogP contribution in [0.4, 0.5) is 0 Å². The molecule has 0 aliphatic heterocycles. The molecule has 0 saturated carbocycles. The molecule has 0 amide bonds. The molecule has 0 atom stereocenters. The van der Waals surface area contributed by atoms with Crippen molar-refractivity contribution >= 4 is 25.3 Å². The maximum atomic E-state index is 4.33. The van der Waals surface area contributed by atoms with Crippen molar-refractivity contribution in [2.75, 3.05) is 0 Å². The van der Waals surface area contributed by atoms with Gasteiger partial charge in [-0.1, -0.05) is 41.9 Å². The first-order valence-corrected chi connectivity index (χ1v) is 8.31. The Morgan fingerprint density at radius 2 is 0.792 bits per heavy atom. The van der Waals surface area contributed by atoms with E-state index in [1.54, 1.807) is 0 Å². The molecule has 0 spiro atoms. The molecule has 0 fully saturated rings. The van der Waals surface area contributed by atoms with Gasteiger partial charge >= 0.3 is 0 Å². The highest BCUT2D eigenvalue weighted by atomic mass is 32.1. The topological polar surface area (TPSA) is 0 Å². The van der Waals surface area contributed by atoms with E-state index in [4.69, 9.17) is 0 Å². The third-order valence-electron chi connectivity index (χ3n) is 3.26. The SMILES string of the molecule is Sc1cccc(C#Cc2cccc(C#Cc3cccc(S)c3)c2)c1. The summed E-state index contributed by atoms with van der Waals surface area (Å²) in [4.78, 5) is 1.82. The second kappa shape index (κ2) is 7.84. The smallest absolute Gasteiger partial charge is 0.0261 e. The Kier molecular flexibility index (Phi) is 5.34. The zero-order chi connectivity index (χ0) is 16.8. The number of hydrogen-bond donors (Lipinski definition) is 2. The Balaban J connectivity index is 1.83. The van der Waals surface area contributed by atoms with Crippen molar-refractivity contribution in [2.24, 2.45) is 0 Å². The second-order valence-corrected chi connectivity index (χ2v) is 6.21. The molecule has 0 unspecified atom stereocenters. The van der Waals surface area contributed by atoms with Crippen LogP contribution in [0.1, 0.15) is 22.3 Å². The van der Waals surface area contributed by atoms with E-state index in [1.807, 2.05) is 72.8 Å². The summed E-state index contributed by atoms with van der Waals surface area (Å²) < 4.78 is 0. The molecule has 0 N–H and O–H groups in total. The molecule has 0 aliphatic rings. The van der Waals surface area contributed by atoms with Crippen molar-refractivity contribution in [1.82, 2.24) is 0 Å². The lowest BCUT2D eigenvalue weighted by molar-refractivity contribution is 1.45. The van der Waals surface area contributed by atoms with Crippen LogP contribution in [0.3, 0.4) is 0 Å². The maximum Gasteiger partial charge on any atom is 0.0261 e. The minimum atomic E-state index is 0.910. The predicted octanol–water partition coefficient (Wildman–Crippen LogP) is 5.06. The van der Waals surface area contributed by atoms with E-state index in [2.05, 4.69) is 48.9 Å². The first-order valence-electron chi connectivity index (χ1n) is 7.41. The third kappa shape index (κ3) is 4.74. The standard InChI is InChI=1S/C22H14S2/c23-21-8-2-6-19(15-21)12-10-17-4-1-5-18(14-17)11-13-20-7-3-9-22(24)16-20/h1-9,14-16,23-24H. The summed E-state index contributed by atoms with van der Waals surface area (Å²) in [5.41, 5.74) is 3.78. The average Bonchev–Trinajstić information content (AvgIpc) is 2.59. The highest BCUT2D eigenvalue weighted by Gasteiger charge is 1.92. The van der Waals surface area contributed by atoms with Gasteiger partial charge in [0.2, 0.25) is 0 Å². The highest BCUT2D eigenvalue weighted by Crippen LogP contribution is 2.10. The van der Waals surface area contributed by atoms with Gasteiger partial charge in [-0.2, -0.15) is 0 Å². The highest BCUT2D eigenvalue weighted by molar-refractivity contribution is 7.80. The summed E-state index contributed by atoms with van der Waals surface area (Å²) in [6.07, 6.45) is 0. The van der Waals surface area contributed by atoms with Crippen LogP contribution in [-0.4, -0.2) is 0 Å². The van der Waals surface area contributed by atoms with Crippen LogP contribution in [0.15, 0.2) is 82.6 Å². The van der Waals surface area contributed by atoms with Gasteiger partial charge in [-0.05, 0) is 54.6 Å². The summed E-state index contributed by atoms with van der Waals surface area (Å²) in [6, 6.07) is 23.5. The lowest BCUT2D eigenvalue weighted by Crippen LogP contribution is -1.80. The summed E-state index contributed by atoms with van der Waals surface area (Å²) in [7, 11) is 0. The Hall–Kier alpha value is -2.52. The second-order valence-electron chi connectivity index (χ2n) is 5.18. The van der Waals surface area contributed by atoms with Crippen LogP contribution in [-0.2, 0) is 0 Å². The van der Waals surface area contributed by atoms with Gasteiger partial charge in [0, 0.05) is 32.0 Å². The molecular weight excluding hydrogens is 328 g/mol. The van der Waals surface area contributed by atoms with Gasteiger partial charge in [0.05, 0.1) is 0 Å². The van der Waals surface area contributed by atoms with Crippen LogP contribution >= 0.6 is 25.3 Å². The van der Waals surface area contributed by atoms with Gasteiger partial charge < -0.3 is 0 Å². The average molecular weight is 342 g/mol. The van der Waals surface area contributed by atoms with Crippen molar-refractivity contribution in [3.8, 4) is 23.7 Å². The third-order valence-corrected chi connectivity index (χ3v) is 3.81. The molecular formula is C22H14S2. The Morgan fingerprint density at radius 1 is 0.458 bits per heavy atom. The van der Waals surface area contributed by atoms with Crippen LogP contribution in [0.25, 0.3) is 0 Å². The number of hydrogen-bond acceptors (Lipinski definition) is 2. The first kappa shape index (κ1) is 16.3. The Bertz CT molecular complexity index is 916. The number of thiol groups is 2. The van der Waals surface area contributed by atoms with E-state index >= 15 is 0 Å². The van der Waals surface area contributed by atoms with E-state index in [1.165, 1.54) is 0 Å². The fourth-order valence-corrected chi connectivity index (χ4v) is 2.58. The van der Waals surface area contributed by atoms with Crippen molar-refractivity contribution in [1.29, 1.82) is 0 Å². The van der Waals surface area contributed by atoms with Gasteiger partial charge in [-0.3, -0.25) is 0 Å². The molecule has 3 rings (SSSR count). The van der Waals surface area contributed by atoms with Gasteiger partial charge in [-0.25, -0.2) is 0 Å². The molecule has 0 nitrogen and oxygen atoms in total. The summed E-state index contributed by atoms with van der Waals surface area (Å²) in [5.74, 6) is 12.6. The molecule has 0 aromatic heterocycles. The fraction of sp³-hybridized carbons (Fsp3) is 0. The van der Waals surface area contributed by atoms with E-state index in [-0.39, 0.29) is 0 Å². The summed E-state index contributed by atoms with van der Waals surface area (Å²) in [6.45, 7) is 0. The Morgan fingerprint density at radius 3 is 1.17 bits per heavy atom. The van der Waals surface area contributed by atoms with Gasteiger partial charge in [-0.15, -0.1) is 25.3 Å². The normalized spacial score (nSPS) is 9.42. The van der Waals surface area contributed by atoms with Crippen molar-refractivity contribution in [3.05, 3.63) is 95.1 Å². The lowest BCUT2D eigenvalue weighted by Gasteiger charge is -1.95. The largest absolute Gasteiger partial charge is 0.143 e. The van der Waals surface area contributed by atoms with Gasteiger partial charge in [0.25, 0.3) is 0 Å². The van der Waals surface area contributed by atoms with Crippen molar-refractivity contribution in [3.63, 3.8) is 0 Å². The predicted molar refractivity (Wildman–Crippen MR) is 106 cm³/mol. The van der Waals surface area contributed by atoms with Gasteiger partial charge in [0.15, 0.2) is 0 Å². The van der Waals surface area contributed by atoms with Crippen LogP contribution in [0, 0.1) is 23.7 Å². The van der Waals surface area contributed by atoms with Crippen LogP contribution < -0.4 is 0 Å². The molecule has 0 bridgehead atoms. The van der Waals surface area contributed by atoms with E-state index in [0.717, 1.165) is 32.0 Å². The zero-order valence-electron chi connectivity index (χ0n) is 12.8. The monoisotopic (exact) mass is 342 g/mol. The summed E-state index contributed by atoms with van der Waals surface area (Å²) in [5, 5.41) is 0. The van der Waals surface area contributed by atoms with E-state index in [0.29, 0.717) is 0 Å². The molecule has 0 radical (unpaired) electrons. The van der Waals surface area contributed by atoms with Crippen LogP contribution in [0.2, 0.25) is 0 Å². The number of rotatable bonds is 0. The van der Waals surface area contributed by atoms with Crippen molar-refractivity contribution in [2.45, 2.75) is 9.79 Å². The first-order chi connectivity index (χ1) is 11.7. The van der Waals surface area contributed by atoms with Gasteiger partial charge in [0.1, 0.15) is 0 Å². The van der Waals surface area contributed by atoms with Crippen molar-refractivity contribution < 1.29 is 0 Å². The molecule has 0 saturated heterocycles. The molecule has 0 heterocycles. The maximum absolute atomic E-state index is 4.33. The molecule has 114 valence electrons.